The van der Waals surface area contributed by atoms with Crippen molar-refractivity contribution in [3.63, 3.8) is 0 Å². The second-order valence-electron chi connectivity index (χ2n) is 5.33. The van der Waals surface area contributed by atoms with E-state index in [0.29, 0.717) is 25.3 Å². The van der Waals surface area contributed by atoms with Gasteiger partial charge >= 0.3 is 0 Å². The first-order valence-corrected chi connectivity index (χ1v) is 5.49. The van der Waals surface area contributed by atoms with Crippen LogP contribution in [0.25, 0.3) is 0 Å². The average Bonchev–Trinajstić information content (AvgIpc) is 2.00. The zero-order valence-electron chi connectivity index (χ0n) is 10.3. The van der Waals surface area contributed by atoms with Crippen LogP contribution in [0.1, 0.15) is 47.0 Å². The van der Waals surface area contributed by atoms with Crippen LogP contribution in [0.3, 0.4) is 0 Å². The van der Waals surface area contributed by atoms with E-state index in [9.17, 15) is 4.79 Å². The first kappa shape index (κ1) is 14.0. The Morgan fingerprint density at radius 3 is 2.53 bits per heavy atom. The zero-order valence-corrected chi connectivity index (χ0v) is 10.3. The Morgan fingerprint density at radius 2 is 2.07 bits per heavy atom. The van der Waals surface area contributed by atoms with Crippen molar-refractivity contribution in [3.8, 4) is 6.07 Å². The van der Waals surface area contributed by atoms with Gasteiger partial charge in [0, 0.05) is 13.0 Å². The standard InChI is InChI=1S/C12H22N2O/c1-10(9-12(2,3)4)8-11(15)14-7-5-6-13/h10H,5,7-9H2,1-4H3,(H,14,15). The minimum atomic E-state index is 0.0574. The van der Waals surface area contributed by atoms with E-state index in [-0.39, 0.29) is 11.3 Å². The van der Waals surface area contributed by atoms with Crippen LogP contribution in [-0.4, -0.2) is 12.5 Å². The quantitative estimate of drug-likeness (QED) is 0.709. The van der Waals surface area contributed by atoms with E-state index in [1.54, 1.807) is 0 Å². The fourth-order valence-electron chi connectivity index (χ4n) is 1.76. The van der Waals surface area contributed by atoms with Crippen molar-refractivity contribution >= 4 is 5.91 Å². The van der Waals surface area contributed by atoms with Crippen LogP contribution in [-0.2, 0) is 4.79 Å². The maximum atomic E-state index is 11.4. The number of nitrogens with one attached hydrogen (secondary N) is 1. The zero-order chi connectivity index (χ0) is 11.9. The lowest BCUT2D eigenvalue weighted by Gasteiger charge is -2.22. The van der Waals surface area contributed by atoms with Crippen LogP contribution in [0.5, 0.6) is 0 Å². The molecule has 1 unspecified atom stereocenters. The highest BCUT2D eigenvalue weighted by molar-refractivity contribution is 5.76. The summed E-state index contributed by atoms with van der Waals surface area (Å²) in [5.74, 6) is 0.453. The number of nitrogens with zero attached hydrogens (tertiary/aromatic N) is 1. The van der Waals surface area contributed by atoms with E-state index in [1.807, 2.05) is 6.07 Å². The van der Waals surface area contributed by atoms with Gasteiger partial charge in [-0.2, -0.15) is 5.26 Å². The molecule has 0 fully saturated rings. The highest BCUT2D eigenvalue weighted by atomic mass is 16.1. The molecular weight excluding hydrogens is 188 g/mol. The predicted octanol–water partition coefficient (Wildman–Crippen LogP) is 2.48. The smallest absolute Gasteiger partial charge is 0.220 e. The monoisotopic (exact) mass is 210 g/mol. The lowest BCUT2D eigenvalue weighted by molar-refractivity contribution is -0.122. The third-order valence-corrected chi connectivity index (χ3v) is 2.05. The summed E-state index contributed by atoms with van der Waals surface area (Å²) in [6, 6.07) is 2.00. The van der Waals surface area contributed by atoms with Crippen molar-refractivity contribution in [2.45, 2.75) is 47.0 Å². The molecule has 0 aromatic rings. The molecule has 1 N–H and O–H groups in total. The molecule has 1 atom stereocenters. The molecule has 0 radical (unpaired) electrons. The highest BCUT2D eigenvalue weighted by Gasteiger charge is 2.17. The minimum Gasteiger partial charge on any atom is -0.355 e. The van der Waals surface area contributed by atoms with Crippen molar-refractivity contribution in [3.05, 3.63) is 0 Å². The molecule has 0 saturated heterocycles. The number of carbonyl (C=O) groups excluding carboxylic acids is 1. The molecule has 86 valence electrons. The summed E-state index contributed by atoms with van der Waals surface area (Å²) in [5, 5.41) is 11.1. The Kier molecular flexibility index (Phi) is 6.00. The van der Waals surface area contributed by atoms with Crippen LogP contribution >= 0.6 is 0 Å². The Bertz CT molecular complexity index is 235. The van der Waals surface area contributed by atoms with Crippen molar-refractivity contribution < 1.29 is 4.79 Å². The second kappa shape index (κ2) is 6.44. The maximum Gasteiger partial charge on any atom is 0.220 e. The van der Waals surface area contributed by atoms with Crippen LogP contribution in [0, 0.1) is 22.7 Å². The minimum absolute atomic E-state index is 0.0574. The molecule has 0 bridgehead atoms. The second-order valence-corrected chi connectivity index (χ2v) is 5.33. The lowest BCUT2D eigenvalue weighted by atomic mass is 9.84. The molecule has 0 aromatic heterocycles. The van der Waals surface area contributed by atoms with Gasteiger partial charge in [0.05, 0.1) is 12.5 Å². The Morgan fingerprint density at radius 1 is 1.47 bits per heavy atom. The number of hydrogen-bond acceptors (Lipinski definition) is 2. The van der Waals surface area contributed by atoms with Gasteiger partial charge in [-0.25, -0.2) is 0 Å². The number of rotatable bonds is 5. The topological polar surface area (TPSA) is 52.9 Å². The van der Waals surface area contributed by atoms with Crippen LogP contribution in [0.4, 0.5) is 0 Å². The van der Waals surface area contributed by atoms with E-state index in [4.69, 9.17) is 5.26 Å². The Labute approximate surface area is 92.9 Å². The molecule has 1 amide bonds. The predicted molar refractivity (Wildman–Crippen MR) is 61.1 cm³/mol. The van der Waals surface area contributed by atoms with Gasteiger partial charge in [0.1, 0.15) is 0 Å². The van der Waals surface area contributed by atoms with E-state index < -0.39 is 0 Å². The summed E-state index contributed by atoms with van der Waals surface area (Å²) >= 11 is 0. The number of amides is 1. The molecule has 0 aliphatic heterocycles. The normalized spacial score (nSPS) is 13.0. The van der Waals surface area contributed by atoms with Gasteiger partial charge in [0.2, 0.25) is 5.91 Å². The van der Waals surface area contributed by atoms with Gasteiger partial charge in [-0.05, 0) is 17.8 Å². The lowest BCUT2D eigenvalue weighted by Crippen LogP contribution is -2.26. The van der Waals surface area contributed by atoms with Crippen molar-refractivity contribution in [2.24, 2.45) is 11.3 Å². The summed E-state index contributed by atoms with van der Waals surface area (Å²) in [6.45, 7) is 9.10. The average molecular weight is 210 g/mol. The molecule has 0 heterocycles. The SMILES string of the molecule is CC(CC(=O)NCCC#N)CC(C)(C)C. The van der Waals surface area contributed by atoms with Gasteiger partial charge in [-0.15, -0.1) is 0 Å². The third kappa shape index (κ3) is 9.27. The van der Waals surface area contributed by atoms with E-state index >= 15 is 0 Å². The molecule has 0 rings (SSSR count). The molecule has 0 spiro atoms. The summed E-state index contributed by atoms with van der Waals surface area (Å²) in [6.07, 6.45) is 1.99. The molecule has 15 heavy (non-hydrogen) atoms. The summed E-state index contributed by atoms with van der Waals surface area (Å²) < 4.78 is 0. The first-order chi connectivity index (χ1) is 6.85. The third-order valence-electron chi connectivity index (χ3n) is 2.05. The summed E-state index contributed by atoms with van der Waals surface area (Å²) in [4.78, 5) is 11.4. The van der Waals surface area contributed by atoms with Crippen LogP contribution in [0.15, 0.2) is 0 Å². The number of hydrogen-bond donors (Lipinski definition) is 1. The van der Waals surface area contributed by atoms with Crippen molar-refractivity contribution in [1.82, 2.24) is 5.32 Å². The molecule has 0 aliphatic rings. The molecule has 0 saturated carbocycles. The van der Waals surface area contributed by atoms with Crippen molar-refractivity contribution in [2.75, 3.05) is 6.54 Å². The van der Waals surface area contributed by atoms with E-state index in [2.05, 4.69) is 33.0 Å². The molecule has 3 nitrogen and oxygen atoms in total. The van der Waals surface area contributed by atoms with Crippen LogP contribution in [0.2, 0.25) is 0 Å². The first-order valence-electron chi connectivity index (χ1n) is 5.49. The fraction of sp³-hybridized carbons (Fsp3) is 0.833. The van der Waals surface area contributed by atoms with Crippen molar-refractivity contribution in [1.29, 1.82) is 5.26 Å². The van der Waals surface area contributed by atoms with E-state index in [1.165, 1.54) is 0 Å². The largest absolute Gasteiger partial charge is 0.355 e. The fourth-order valence-corrected chi connectivity index (χ4v) is 1.76. The summed E-state index contributed by atoms with van der Waals surface area (Å²) in [7, 11) is 0. The molecular formula is C12H22N2O. The van der Waals surface area contributed by atoms with Crippen LogP contribution < -0.4 is 5.32 Å². The highest BCUT2D eigenvalue weighted by Crippen LogP contribution is 2.25. The van der Waals surface area contributed by atoms with Gasteiger partial charge in [0.25, 0.3) is 0 Å². The van der Waals surface area contributed by atoms with Gasteiger partial charge in [0.15, 0.2) is 0 Å². The van der Waals surface area contributed by atoms with Gasteiger partial charge in [-0.3, -0.25) is 4.79 Å². The Balaban J connectivity index is 3.73. The molecule has 0 aromatic carbocycles. The molecule has 0 aliphatic carbocycles. The Hall–Kier alpha value is -1.04. The van der Waals surface area contributed by atoms with Gasteiger partial charge in [-0.1, -0.05) is 27.7 Å². The summed E-state index contributed by atoms with van der Waals surface area (Å²) in [5.41, 5.74) is 0.270. The molecule has 3 heteroatoms. The number of nitriles is 1. The number of carbonyl (C=O) groups is 1. The van der Waals surface area contributed by atoms with Gasteiger partial charge < -0.3 is 5.32 Å². The van der Waals surface area contributed by atoms with E-state index in [0.717, 1.165) is 6.42 Å². The maximum absolute atomic E-state index is 11.4.